The first-order valence-corrected chi connectivity index (χ1v) is 5.28. The third-order valence-electron chi connectivity index (χ3n) is 2.55. The molecule has 0 unspecified atom stereocenters. The molecule has 0 atom stereocenters. The van der Waals surface area contributed by atoms with Crippen LogP contribution in [0, 0.1) is 6.92 Å². The predicted octanol–water partition coefficient (Wildman–Crippen LogP) is 3.07. The fourth-order valence-corrected chi connectivity index (χ4v) is 2.10. The molecule has 2 nitrogen and oxygen atoms in total. The van der Waals surface area contributed by atoms with Gasteiger partial charge in [0, 0.05) is 11.8 Å². The summed E-state index contributed by atoms with van der Waals surface area (Å²) in [5.74, 6) is 0. The van der Waals surface area contributed by atoms with Crippen molar-refractivity contribution in [3.63, 3.8) is 0 Å². The second kappa shape index (κ2) is 3.21. The Morgan fingerprint density at radius 1 is 1.50 bits per heavy atom. The van der Waals surface area contributed by atoms with Gasteiger partial charge in [0.05, 0.1) is 6.04 Å². The van der Waals surface area contributed by atoms with Gasteiger partial charge in [0.1, 0.15) is 4.60 Å². The molecule has 1 aliphatic carbocycles. The predicted molar refractivity (Wildman–Crippen MR) is 52.2 cm³/mol. The lowest BCUT2D eigenvalue weighted by atomic mass is 10.2. The smallest absolute Gasteiger partial charge is 0.131 e. The monoisotopic (exact) mass is 228 g/mol. The summed E-state index contributed by atoms with van der Waals surface area (Å²) in [4.78, 5) is 0. The lowest BCUT2D eigenvalue weighted by Crippen LogP contribution is -2.04. The summed E-state index contributed by atoms with van der Waals surface area (Å²) in [6, 6.07) is 0.662. The maximum atomic E-state index is 4.43. The Morgan fingerprint density at radius 2 is 2.17 bits per heavy atom. The molecular weight excluding hydrogens is 216 g/mol. The summed E-state index contributed by atoms with van der Waals surface area (Å²) in [5, 5.41) is 4.43. The van der Waals surface area contributed by atoms with Gasteiger partial charge in [0.15, 0.2) is 0 Å². The average Bonchev–Trinajstić information content (AvgIpc) is 2.61. The van der Waals surface area contributed by atoms with Crippen molar-refractivity contribution >= 4 is 15.9 Å². The zero-order valence-corrected chi connectivity index (χ0v) is 8.84. The summed E-state index contributed by atoms with van der Waals surface area (Å²) in [6.45, 7) is 2.09. The lowest BCUT2D eigenvalue weighted by Gasteiger charge is -2.08. The van der Waals surface area contributed by atoms with Crippen molar-refractivity contribution in [1.82, 2.24) is 9.78 Å². The van der Waals surface area contributed by atoms with Gasteiger partial charge in [0.25, 0.3) is 0 Å². The van der Waals surface area contributed by atoms with E-state index in [2.05, 4.69) is 38.8 Å². The van der Waals surface area contributed by atoms with Crippen LogP contribution in [-0.2, 0) is 0 Å². The van der Waals surface area contributed by atoms with Crippen LogP contribution >= 0.6 is 15.9 Å². The highest BCUT2D eigenvalue weighted by Crippen LogP contribution is 2.30. The van der Waals surface area contributed by atoms with Crippen molar-refractivity contribution in [3.8, 4) is 0 Å². The first-order chi connectivity index (χ1) is 5.77. The fourth-order valence-electron chi connectivity index (χ4n) is 1.82. The molecule has 2 rings (SSSR count). The molecule has 0 saturated heterocycles. The molecule has 0 bridgehead atoms. The largest absolute Gasteiger partial charge is 0.268 e. The molecule has 0 amide bonds. The van der Waals surface area contributed by atoms with Crippen molar-refractivity contribution in [2.24, 2.45) is 0 Å². The van der Waals surface area contributed by atoms with E-state index >= 15 is 0 Å². The SMILES string of the molecule is Cc1cn(C2CCCC2)nc1Br. The number of aromatic nitrogens is 2. The number of hydrogen-bond acceptors (Lipinski definition) is 1. The third-order valence-corrected chi connectivity index (χ3v) is 3.34. The Balaban J connectivity index is 2.21. The standard InChI is InChI=1S/C9H13BrN2/c1-7-6-12(11-9(7)10)8-4-2-3-5-8/h6,8H,2-5H2,1H3. The van der Waals surface area contributed by atoms with Crippen LogP contribution in [0.2, 0.25) is 0 Å². The molecule has 1 fully saturated rings. The molecule has 1 saturated carbocycles. The zero-order chi connectivity index (χ0) is 8.55. The molecule has 0 spiro atoms. The zero-order valence-electron chi connectivity index (χ0n) is 7.26. The summed E-state index contributed by atoms with van der Waals surface area (Å²) >= 11 is 3.43. The molecule has 1 heterocycles. The second-order valence-electron chi connectivity index (χ2n) is 3.52. The highest BCUT2D eigenvalue weighted by atomic mass is 79.9. The summed E-state index contributed by atoms with van der Waals surface area (Å²) < 4.78 is 3.11. The number of rotatable bonds is 1. The fraction of sp³-hybridized carbons (Fsp3) is 0.667. The molecule has 12 heavy (non-hydrogen) atoms. The Morgan fingerprint density at radius 3 is 2.67 bits per heavy atom. The van der Waals surface area contributed by atoms with E-state index in [1.54, 1.807) is 0 Å². The van der Waals surface area contributed by atoms with E-state index in [4.69, 9.17) is 0 Å². The van der Waals surface area contributed by atoms with Crippen LogP contribution in [0.15, 0.2) is 10.8 Å². The van der Waals surface area contributed by atoms with Gasteiger partial charge in [-0.1, -0.05) is 12.8 Å². The third kappa shape index (κ3) is 1.42. The van der Waals surface area contributed by atoms with Gasteiger partial charge in [-0.15, -0.1) is 0 Å². The van der Waals surface area contributed by atoms with Crippen LogP contribution in [0.25, 0.3) is 0 Å². The highest BCUT2D eigenvalue weighted by Gasteiger charge is 2.17. The number of halogens is 1. The maximum Gasteiger partial charge on any atom is 0.131 e. The molecule has 0 aliphatic heterocycles. The Bertz CT molecular complexity index is 255. The van der Waals surface area contributed by atoms with E-state index in [1.165, 1.54) is 31.2 Å². The minimum absolute atomic E-state index is 0.662. The highest BCUT2D eigenvalue weighted by molar-refractivity contribution is 9.10. The van der Waals surface area contributed by atoms with Crippen molar-refractivity contribution in [2.75, 3.05) is 0 Å². The molecule has 0 N–H and O–H groups in total. The van der Waals surface area contributed by atoms with Crippen molar-refractivity contribution in [2.45, 2.75) is 38.6 Å². The van der Waals surface area contributed by atoms with Crippen LogP contribution in [0.3, 0.4) is 0 Å². The number of hydrogen-bond donors (Lipinski definition) is 0. The maximum absolute atomic E-state index is 4.43. The number of aryl methyl sites for hydroxylation is 1. The van der Waals surface area contributed by atoms with Gasteiger partial charge in [-0.25, -0.2) is 0 Å². The van der Waals surface area contributed by atoms with Gasteiger partial charge in [-0.2, -0.15) is 5.10 Å². The molecule has 1 aromatic heterocycles. The van der Waals surface area contributed by atoms with Gasteiger partial charge in [0.2, 0.25) is 0 Å². The minimum atomic E-state index is 0.662. The van der Waals surface area contributed by atoms with Gasteiger partial charge < -0.3 is 0 Å². The van der Waals surface area contributed by atoms with Crippen molar-refractivity contribution in [1.29, 1.82) is 0 Å². The van der Waals surface area contributed by atoms with E-state index < -0.39 is 0 Å². The molecule has 0 radical (unpaired) electrons. The Kier molecular flexibility index (Phi) is 2.22. The van der Waals surface area contributed by atoms with Crippen molar-refractivity contribution < 1.29 is 0 Å². The average molecular weight is 229 g/mol. The molecular formula is C9H13BrN2. The Labute approximate surface area is 81.1 Å². The first-order valence-electron chi connectivity index (χ1n) is 4.48. The van der Waals surface area contributed by atoms with Crippen LogP contribution in [0.5, 0.6) is 0 Å². The molecule has 66 valence electrons. The minimum Gasteiger partial charge on any atom is -0.268 e. The van der Waals surface area contributed by atoms with Crippen LogP contribution in [0.1, 0.15) is 37.3 Å². The quantitative estimate of drug-likeness (QED) is 0.723. The summed E-state index contributed by atoms with van der Waals surface area (Å²) in [5.41, 5.74) is 1.24. The van der Waals surface area contributed by atoms with Gasteiger partial charge in [-0.05, 0) is 35.7 Å². The molecule has 3 heteroatoms. The van der Waals surface area contributed by atoms with Crippen LogP contribution in [-0.4, -0.2) is 9.78 Å². The second-order valence-corrected chi connectivity index (χ2v) is 4.27. The van der Waals surface area contributed by atoms with E-state index in [0.717, 1.165) is 4.60 Å². The first kappa shape index (κ1) is 8.30. The molecule has 1 aromatic rings. The lowest BCUT2D eigenvalue weighted by molar-refractivity contribution is 0.465. The van der Waals surface area contributed by atoms with E-state index in [1.807, 2.05) is 0 Å². The normalized spacial score (nSPS) is 18.8. The summed E-state index contributed by atoms with van der Waals surface area (Å²) in [7, 11) is 0. The molecule has 0 aromatic carbocycles. The van der Waals surface area contributed by atoms with E-state index in [0.29, 0.717) is 6.04 Å². The van der Waals surface area contributed by atoms with Gasteiger partial charge >= 0.3 is 0 Å². The topological polar surface area (TPSA) is 17.8 Å². The number of nitrogens with zero attached hydrogens (tertiary/aromatic N) is 2. The van der Waals surface area contributed by atoms with Gasteiger partial charge in [-0.3, -0.25) is 4.68 Å². The Hall–Kier alpha value is -0.310. The van der Waals surface area contributed by atoms with E-state index in [9.17, 15) is 0 Å². The van der Waals surface area contributed by atoms with Crippen LogP contribution in [0.4, 0.5) is 0 Å². The van der Waals surface area contributed by atoms with E-state index in [-0.39, 0.29) is 0 Å². The summed E-state index contributed by atoms with van der Waals surface area (Å²) in [6.07, 6.45) is 7.46. The van der Waals surface area contributed by atoms with Crippen LogP contribution < -0.4 is 0 Å². The molecule has 1 aliphatic rings. The van der Waals surface area contributed by atoms with Crippen molar-refractivity contribution in [3.05, 3.63) is 16.4 Å².